The predicted octanol–water partition coefficient (Wildman–Crippen LogP) is 5.98. The zero-order valence-corrected chi connectivity index (χ0v) is 13.8. The Labute approximate surface area is 135 Å². The average molecular weight is 381 g/mol. The molecule has 1 aromatic carbocycles. The molecule has 2 nitrogen and oxygen atoms in total. The van der Waals surface area contributed by atoms with Gasteiger partial charge in [-0.15, -0.1) is 0 Å². The van der Waals surface area contributed by atoms with Crippen molar-refractivity contribution < 1.29 is 0 Å². The number of benzene rings is 1. The van der Waals surface area contributed by atoms with E-state index in [2.05, 4.69) is 26.2 Å². The normalized spacial score (nSPS) is 12.3. The van der Waals surface area contributed by atoms with Crippen LogP contribution in [-0.2, 0) is 0 Å². The minimum Gasteiger partial charge on any atom is -0.377 e. The fourth-order valence-corrected chi connectivity index (χ4v) is 2.61. The van der Waals surface area contributed by atoms with E-state index < -0.39 is 0 Å². The number of rotatable bonds is 3. The monoisotopic (exact) mass is 378 g/mol. The Morgan fingerprint density at radius 3 is 2.47 bits per heavy atom. The third-order valence-corrected chi connectivity index (χ3v) is 4.42. The third-order valence-electron chi connectivity index (χ3n) is 2.64. The molecule has 0 aliphatic rings. The number of anilines is 1. The molecule has 0 aliphatic carbocycles. The van der Waals surface area contributed by atoms with E-state index in [0.717, 1.165) is 15.9 Å². The molecular weight excluding hydrogens is 370 g/mol. The van der Waals surface area contributed by atoms with Crippen LogP contribution >= 0.6 is 50.7 Å². The molecule has 0 bridgehead atoms. The average Bonchev–Trinajstić information content (AvgIpc) is 2.39. The summed E-state index contributed by atoms with van der Waals surface area (Å²) >= 11 is 21.5. The van der Waals surface area contributed by atoms with Crippen LogP contribution < -0.4 is 5.32 Å². The zero-order chi connectivity index (χ0) is 14.0. The van der Waals surface area contributed by atoms with Gasteiger partial charge in [-0.05, 0) is 46.6 Å². The highest BCUT2D eigenvalue weighted by molar-refractivity contribution is 9.10. The second-order valence-electron chi connectivity index (χ2n) is 4.00. The number of halogens is 4. The molecule has 2 aromatic rings. The first kappa shape index (κ1) is 14.9. The summed E-state index contributed by atoms with van der Waals surface area (Å²) in [5, 5.41) is 4.60. The number of aromatic nitrogens is 1. The van der Waals surface area contributed by atoms with Crippen LogP contribution in [0.15, 0.2) is 35.1 Å². The number of hydrogen-bond donors (Lipinski definition) is 1. The quantitative estimate of drug-likeness (QED) is 0.523. The van der Waals surface area contributed by atoms with Crippen LogP contribution in [0.3, 0.4) is 0 Å². The summed E-state index contributed by atoms with van der Waals surface area (Å²) in [5.41, 5.74) is 1.79. The summed E-state index contributed by atoms with van der Waals surface area (Å²) < 4.78 is 0.790. The summed E-state index contributed by atoms with van der Waals surface area (Å²) in [6, 6.07) is 7.39. The van der Waals surface area contributed by atoms with Gasteiger partial charge in [0.05, 0.1) is 33.0 Å². The Hall–Kier alpha value is -0.480. The van der Waals surface area contributed by atoms with Crippen LogP contribution in [-0.4, -0.2) is 4.98 Å². The van der Waals surface area contributed by atoms with Crippen molar-refractivity contribution in [1.82, 2.24) is 4.98 Å². The van der Waals surface area contributed by atoms with Crippen LogP contribution in [0.25, 0.3) is 0 Å². The minimum atomic E-state index is -0.00904. The van der Waals surface area contributed by atoms with Crippen molar-refractivity contribution in [2.24, 2.45) is 0 Å². The van der Waals surface area contributed by atoms with Gasteiger partial charge in [0, 0.05) is 0 Å². The van der Waals surface area contributed by atoms with Crippen LogP contribution in [0, 0.1) is 0 Å². The zero-order valence-electron chi connectivity index (χ0n) is 9.92. The fourth-order valence-electron chi connectivity index (χ4n) is 1.66. The maximum absolute atomic E-state index is 6.21. The van der Waals surface area contributed by atoms with Crippen molar-refractivity contribution in [3.05, 3.63) is 55.7 Å². The standard InChI is InChI=1S/C13H10BrCl3N2/c1-7(19-8-2-5-11(14)18-6-8)9-3-4-10(15)13(17)12(9)16/h2-7,19H,1H3. The number of pyridine rings is 1. The third kappa shape index (κ3) is 3.54. The van der Waals surface area contributed by atoms with Gasteiger partial charge >= 0.3 is 0 Å². The van der Waals surface area contributed by atoms with Crippen molar-refractivity contribution >= 4 is 56.4 Å². The summed E-state index contributed by atoms with van der Waals surface area (Å²) in [5.74, 6) is 0. The molecule has 0 radical (unpaired) electrons. The van der Waals surface area contributed by atoms with Gasteiger partial charge in [-0.3, -0.25) is 0 Å². The van der Waals surface area contributed by atoms with E-state index in [-0.39, 0.29) is 6.04 Å². The minimum absolute atomic E-state index is 0.00904. The van der Waals surface area contributed by atoms with Gasteiger partial charge in [0.25, 0.3) is 0 Å². The highest BCUT2D eigenvalue weighted by atomic mass is 79.9. The van der Waals surface area contributed by atoms with Crippen molar-refractivity contribution in [2.75, 3.05) is 5.32 Å². The van der Waals surface area contributed by atoms with Crippen LogP contribution in [0.1, 0.15) is 18.5 Å². The van der Waals surface area contributed by atoms with Gasteiger partial charge in [-0.2, -0.15) is 0 Å². The van der Waals surface area contributed by atoms with E-state index in [1.165, 1.54) is 0 Å². The largest absolute Gasteiger partial charge is 0.377 e. The first-order chi connectivity index (χ1) is 8.99. The molecule has 1 N–H and O–H groups in total. The topological polar surface area (TPSA) is 24.9 Å². The molecule has 0 spiro atoms. The van der Waals surface area contributed by atoms with Gasteiger partial charge < -0.3 is 5.32 Å². The Balaban J connectivity index is 2.23. The molecule has 1 heterocycles. The highest BCUT2D eigenvalue weighted by Crippen LogP contribution is 2.36. The van der Waals surface area contributed by atoms with E-state index in [9.17, 15) is 0 Å². The molecule has 0 fully saturated rings. The van der Waals surface area contributed by atoms with Crippen molar-refractivity contribution in [3.8, 4) is 0 Å². The van der Waals surface area contributed by atoms with E-state index in [1.54, 1.807) is 12.3 Å². The molecule has 100 valence electrons. The first-order valence-corrected chi connectivity index (χ1v) is 7.43. The van der Waals surface area contributed by atoms with Crippen LogP contribution in [0.2, 0.25) is 15.1 Å². The number of nitrogens with zero attached hydrogens (tertiary/aromatic N) is 1. The van der Waals surface area contributed by atoms with Crippen molar-refractivity contribution in [1.29, 1.82) is 0 Å². The SMILES string of the molecule is CC(Nc1ccc(Br)nc1)c1ccc(Cl)c(Cl)c1Cl. The Kier molecular flexibility index (Phi) is 4.96. The molecule has 6 heteroatoms. The van der Waals surface area contributed by atoms with Crippen LogP contribution in [0.4, 0.5) is 5.69 Å². The Bertz CT molecular complexity index is 587. The molecule has 1 unspecified atom stereocenters. The van der Waals surface area contributed by atoms with E-state index in [1.807, 2.05) is 25.1 Å². The van der Waals surface area contributed by atoms with Crippen LogP contribution in [0.5, 0.6) is 0 Å². The molecule has 1 aromatic heterocycles. The smallest absolute Gasteiger partial charge is 0.106 e. The molecule has 2 rings (SSSR count). The maximum atomic E-state index is 6.21. The first-order valence-electron chi connectivity index (χ1n) is 5.50. The van der Waals surface area contributed by atoms with E-state index in [0.29, 0.717) is 15.1 Å². The Morgan fingerprint density at radius 1 is 1.11 bits per heavy atom. The molecule has 1 atom stereocenters. The summed E-state index contributed by atoms with van der Waals surface area (Å²) in [6.45, 7) is 1.99. The summed E-state index contributed by atoms with van der Waals surface area (Å²) in [6.07, 6.45) is 1.74. The number of hydrogen-bond acceptors (Lipinski definition) is 2. The lowest BCUT2D eigenvalue weighted by Crippen LogP contribution is -2.07. The molecular formula is C13H10BrCl3N2. The van der Waals surface area contributed by atoms with E-state index >= 15 is 0 Å². The molecule has 0 saturated heterocycles. The highest BCUT2D eigenvalue weighted by Gasteiger charge is 2.14. The lowest BCUT2D eigenvalue weighted by atomic mass is 10.1. The summed E-state index contributed by atoms with van der Waals surface area (Å²) in [7, 11) is 0. The molecule has 0 amide bonds. The van der Waals surface area contributed by atoms with Crippen molar-refractivity contribution in [2.45, 2.75) is 13.0 Å². The lowest BCUT2D eigenvalue weighted by Gasteiger charge is -2.17. The van der Waals surface area contributed by atoms with Gasteiger partial charge in [-0.1, -0.05) is 40.9 Å². The van der Waals surface area contributed by atoms with Gasteiger partial charge in [0.15, 0.2) is 0 Å². The fraction of sp³-hybridized carbons (Fsp3) is 0.154. The molecule has 0 aliphatic heterocycles. The van der Waals surface area contributed by atoms with Gasteiger partial charge in [0.2, 0.25) is 0 Å². The predicted molar refractivity (Wildman–Crippen MR) is 85.4 cm³/mol. The Morgan fingerprint density at radius 2 is 1.84 bits per heavy atom. The van der Waals surface area contributed by atoms with Gasteiger partial charge in [0.1, 0.15) is 4.60 Å². The lowest BCUT2D eigenvalue weighted by molar-refractivity contribution is 0.883. The molecule has 0 saturated carbocycles. The van der Waals surface area contributed by atoms with Gasteiger partial charge in [-0.25, -0.2) is 4.98 Å². The maximum Gasteiger partial charge on any atom is 0.106 e. The second-order valence-corrected chi connectivity index (χ2v) is 5.98. The molecule has 19 heavy (non-hydrogen) atoms. The van der Waals surface area contributed by atoms with Crippen molar-refractivity contribution in [3.63, 3.8) is 0 Å². The van der Waals surface area contributed by atoms with E-state index in [4.69, 9.17) is 34.8 Å². The second kappa shape index (κ2) is 6.31. The summed E-state index contributed by atoms with van der Waals surface area (Å²) in [4.78, 5) is 4.15. The number of nitrogens with one attached hydrogen (secondary N) is 1.